The number of likely N-dealkylation sites (tertiary alicyclic amines) is 1. The van der Waals surface area contributed by atoms with Gasteiger partial charge in [-0.1, -0.05) is 0 Å². The largest absolute Gasteiger partial charge is 0.494 e. The fourth-order valence-electron chi connectivity index (χ4n) is 4.59. The second-order valence-electron chi connectivity index (χ2n) is 8.13. The monoisotopic (exact) mass is 407 g/mol. The molecule has 1 N–H and O–H groups in total. The van der Waals surface area contributed by atoms with Gasteiger partial charge in [0.1, 0.15) is 15.6 Å². The molecule has 1 aromatic rings. The van der Waals surface area contributed by atoms with Gasteiger partial charge >= 0.3 is 6.03 Å². The van der Waals surface area contributed by atoms with Crippen LogP contribution in [0.4, 0.5) is 10.5 Å². The van der Waals surface area contributed by atoms with Crippen molar-refractivity contribution in [1.82, 2.24) is 10.2 Å². The summed E-state index contributed by atoms with van der Waals surface area (Å²) < 4.78 is 28.6. The fraction of sp³-hybridized carbons (Fsp3) is 0.650. The molecule has 154 valence electrons. The van der Waals surface area contributed by atoms with Crippen LogP contribution in [0.5, 0.6) is 5.75 Å². The molecule has 0 unspecified atom stereocenters. The van der Waals surface area contributed by atoms with E-state index in [9.17, 15) is 13.2 Å². The topological polar surface area (TPSA) is 79.0 Å². The van der Waals surface area contributed by atoms with Crippen LogP contribution < -0.4 is 15.0 Å². The van der Waals surface area contributed by atoms with Crippen molar-refractivity contribution in [2.24, 2.45) is 11.8 Å². The first-order chi connectivity index (χ1) is 13.4. The van der Waals surface area contributed by atoms with Crippen molar-refractivity contribution in [2.45, 2.75) is 25.8 Å². The predicted molar refractivity (Wildman–Crippen MR) is 109 cm³/mol. The van der Waals surface area contributed by atoms with E-state index in [2.05, 4.69) is 22.3 Å². The lowest BCUT2D eigenvalue weighted by atomic mass is 10.0. The van der Waals surface area contributed by atoms with Crippen LogP contribution in [-0.4, -0.2) is 69.7 Å². The highest BCUT2D eigenvalue weighted by atomic mass is 32.2. The lowest BCUT2D eigenvalue weighted by molar-refractivity contribution is 0.200. The minimum Gasteiger partial charge on any atom is -0.494 e. The zero-order valence-corrected chi connectivity index (χ0v) is 17.2. The number of anilines is 1. The predicted octanol–water partition coefficient (Wildman–Crippen LogP) is 1.74. The Bertz CT molecular complexity index is 783. The quantitative estimate of drug-likeness (QED) is 0.823. The molecule has 0 bridgehead atoms. The SMILES string of the molecule is CCOc1ccc(N2C[C@H]3CN(C(=O)NC4CCS(=O)(=O)CC4)C[C@H]3C2)cc1. The van der Waals surface area contributed by atoms with Crippen molar-refractivity contribution >= 4 is 21.6 Å². The molecule has 0 saturated carbocycles. The molecule has 0 aromatic heterocycles. The van der Waals surface area contributed by atoms with E-state index in [0.29, 0.717) is 31.3 Å². The number of carbonyl (C=O) groups is 1. The van der Waals surface area contributed by atoms with Crippen molar-refractivity contribution in [2.75, 3.05) is 49.2 Å². The van der Waals surface area contributed by atoms with Crippen LogP contribution in [0.3, 0.4) is 0 Å². The Hall–Kier alpha value is -1.96. The lowest BCUT2D eigenvalue weighted by Crippen LogP contribution is -2.47. The molecule has 1 aromatic carbocycles. The van der Waals surface area contributed by atoms with Gasteiger partial charge in [-0.05, 0) is 44.0 Å². The van der Waals surface area contributed by atoms with Crippen LogP contribution in [0.15, 0.2) is 24.3 Å². The van der Waals surface area contributed by atoms with Crippen LogP contribution in [0.2, 0.25) is 0 Å². The summed E-state index contributed by atoms with van der Waals surface area (Å²) in [4.78, 5) is 16.9. The third-order valence-electron chi connectivity index (χ3n) is 6.17. The average molecular weight is 408 g/mol. The molecule has 8 heteroatoms. The summed E-state index contributed by atoms with van der Waals surface area (Å²) in [6, 6.07) is 8.18. The number of sulfone groups is 1. The smallest absolute Gasteiger partial charge is 0.317 e. The number of fused-ring (bicyclic) bond motifs is 1. The first-order valence-corrected chi connectivity index (χ1v) is 12.0. The highest BCUT2D eigenvalue weighted by Gasteiger charge is 2.42. The minimum atomic E-state index is -2.90. The number of benzene rings is 1. The maximum Gasteiger partial charge on any atom is 0.317 e. The number of hydrogen-bond donors (Lipinski definition) is 1. The molecule has 3 heterocycles. The number of nitrogens with zero attached hydrogens (tertiary/aromatic N) is 2. The first kappa shape index (κ1) is 19.4. The average Bonchev–Trinajstić information content (AvgIpc) is 3.24. The Morgan fingerprint density at radius 3 is 2.25 bits per heavy atom. The molecule has 3 saturated heterocycles. The van der Waals surface area contributed by atoms with Gasteiger partial charge < -0.3 is 19.9 Å². The van der Waals surface area contributed by atoms with E-state index in [1.54, 1.807) is 0 Å². The second-order valence-corrected chi connectivity index (χ2v) is 10.4. The normalized spacial score (nSPS) is 26.9. The number of hydrogen-bond acceptors (Lipinski definition) is 5. The van der Waals surface area contributed by atoms with Gasteiger partial charge in [0.15, 0.2) is 0 Å². The number of urea groups is 1. The Morgan fingerprint density at radius 2 is 1.68 bits per heavy atom. The summed E-state index contributed by atoms with van der Waals surface area (Å²) in [5.41, 5.74) is 1.21. The molecule has 2 atom stereocenters. The lowest BCUT2D eigenvalue weighted by Gasteiger charge is -2.27. The van der Waals surface area contributed by atoms with Crippen molar-refractivity contribution in [3.05, 3.63) is 24.3 Å². The number of carbonyl (C=O) groups excluding carboxylic acids is 1. The molecule has 7 nitrogen and oxygen atoms in total. The molecule has 3 fully saturated rings. The fourth-order valence-corrected chi connectivity index (χ4v) is 6.08. The number of rotatable bonds is 4. The van der Waals surface area contributed by atoms with Gasteiger partial charge in [0.2, 0.25) is 0 Å². The van der Waals surface area contributed by atoms with Gasteiger partial charge in [0.25, 0.3) is 0 Å². The van der Waals surface area contributed by atoms with E-state index in [1.165, 1.54) is 5.69 Å². The molecule has 0 radical (unpaired) electrons. The van der Waals surface area contributed by atoms with Crippen LogP contribution >= 0.6 is 0 Å². The summed E-state index contributed by atoms with van der Waals surface area (Å²) in [5.74, 6) is 2.23. The maximum absolute atomic E-state index is 12.6. The van der Waals surface area contributed by atoms with E-state index in [0.717, 1.165) is 31.9 Å². The third-order valence-corrected chi connectivity index (χ3v) is 7.88. The van der Waals surface area contributed by atoms with E-state index in [1.807, 2.05) is 24.0 Å². The maximum atomic E-state index is 12.6. The molecule has 3 aliphatic rings. The highest BCUT2D eigenvalue weighted by Crippen LogP contribution is 2.34. The van der Waals surface area contributed by atoms with Crippen LogP contribution in [0.25, 0.3) is 0 Å². The van der Waals surface area contributed by atoms with Crippen LogP contribution in [0, 0.1) is 11.8 Å². The molecule has 0 aliphatic carbocycles. The standard InChI is InChI=1S/C20H29N3O4S/c1-2-27-19-5-3-18(4-6-19)22-11-15-13-23(14-16(15)12-22)20(24)21-17-7-9-28(25,26)10-8-17/h3-6,15-17H,2,7-14H2,1H3,(H,21,24)/t15-,16+. The zero-order chi connectivity index (χ0) is 19.7. The van der Waals surface area contributed by atoms with E-state index < -0.39 is 9.84 Å². The Kier molecular flexibility index (Phi) is 5.40. The highest BCUT2D eigenvalue weighted by molar-refractivity contribution is 7.91. The summed E-state index contributed by atoms with van der Waals surface area (Å²) >= 11 is 0. The summed E-state index contributed by atoms with van der Waals surface area (Å²) in [5, 5.41) is 3.04. The molecule has 4 rings (SSSR count). The summed E-state index contributed by atoms with van der Waals surface area (Å²) in [6.07, 6.45) is 1.06. The van der Waals surface area contributed by atoms with Gasteiger partial charge in [0, 0.05) is 49.7 Å². The molecule has 2 amide bonds. The van der Waals surface area contributed by atoms with Crippen molar-refractivity contribution in [3.8, 4) is 5.75 Å². The van der Waals surface area contributed by atoms with Gasteiger partial charge in [-0.2, -0.15) is 0 Å². The first-order valence-electron chi connectivity index (χ1n) is 10.2. The van der Waals surface area contributed by atoms with Gasteiger partial charge in [-0.15, -0.1) is 0 Å². The van der Waals surface area contributed by atoms with Crippen molar-refractivity contribution in [3.63, 3.8) is 0 Å². The second kappa shape index (κ2) is 7.81. The van der Waals surface area contributed by atoms with E-state index in [-0.39, 0.29) is 23.6 Å². The molecule has 3 aliphatic heterocycles. The summed E-state index contributed by atoms with van der Waals surface area (Å²) in [6.45, 7) is 6.12. The van der Waals surface area contributed by atoms with Gasteiger partial charge in [-0.25, -0.2) is 13.2 Å². The van der Waals surface area contributed by atoms with Gasteiger partial charge in [0.05, 0.1) is 18.1 Å². The summed E-state index contributed by atoms with van der Waals surface area (Å²) in [7, 11) is -2.90. The minimum absolute atomic E-state index is 0.0168. The zero-order valence-electron chi connectivity index (χ0n) is 16.3. The van der Waals surface area contributed by atoms with Gasteiger partial charge in [-0.3, -0.25) is 0 Å². The van der Waals surface area contributed by atoms with Crippen LogP contribution in [0.1, 0.15) is 19.8 Å². The Morgan fingerprint density at radius 1 is 1.07 bits per heavy atom. The van der Waals surface area contributed by atoms with E-state index in [4.69, 9.17) is 4.74 Å². The Labute approximate surface area is 166 Å². The molecular formula is C20H29N3O4S. The van der Waals surface area contributed by atoms with E-state index >= 15 is 0 Å². The molecule has 0 spiro atoms. The van der Waals surface area contributed by atoms with Crippen molar-refractivity contribution in [1.29, 1.82) is 0 Å². The third kappa shape index (κ3) is 4.21. The molecule has 28 heavy (non-hydrogen) atoms. The molecular weight excluding hydrogens is 378 g/mol. The number of ether oxygens (including phenoxy) is 1. The number of nitrogens with one attached hydrogen (secondary N) is 1. The van der Waals surface area contributed by atoms with Crippen LogP contribution in [-0.2, 0) is 9.84 Å². The Balaban J connectivity index is 1.27. The number of amides is 2. The van der Waals surface area contributed by atoms with Crippen molar-refractivity contribution < 1.29 is 17.9 Å².